The maximum atomic E-state index is 12.6. The number of carbonyl (C=O) groups excluding carboxylic acids is 1. The van der Waals surface area contributed by atoms with Gasteiger partial charge in [-0.3, -0.25) is 9.78 Å². The summed E-state index contributed by atoms with van der Waals surface area (Å²) < 4.78 is 2.35. The number of rotatable bonds is 2. The minimum Gasteiger partial charge on any atom is -0.360 e. The topological polar surface area (TPSA) is 45.8 Å². The average molecular weight is 284 g/mol. The van der Waals surface area contributed by atoms with E-state index in [0.717, 1.165) is 15.8 Å². The second-order valence-corrected chi connectivity index (χ2v) is 6.24. The van der Waals surface area contributed by atoms with E-state index in [0.29, 0.717) is 5.56 Å². The number of fused-ring (bicyclic) bond motifs is 2. The minimum atomic E-state index is 0.0626. The van der Waals surface area contributed by atoms with Gasteiger partial charge in [0.25, 0.3) is 0 Å². The summed E-state index contributed by atoms with van der Waals surface area (Å²) in [4.78, 5) is 20.5. The van der Waals surface area contributed by atoms with Gasteiger partial charge in [0.15, 0.2) is 0 Å². The number of carbonyl (C=O) groups is 1. The lowest BCUT2D eigenvalue weighted by atomic mass is 10.1. The number of hydrogen-bond acceptors (Lipinski definition) is 4. The molecule has 0 bridgehead atoms. The Balaban J connectivity index is 1.87. The molecule has 0 aliphatic carbocycles. The molecular weight excluding hydrogens is 276 g/mol. The second kappa shape index (κ2) is 4.01. The first kappa shape index (κ1) is 10.9. The third-order valence-corrected chi connectivity index (χ3v) is 5.18. The molecule has 0 aliphatic rings. The fourth-order valence-electron chi connectivity index (χ4n) is 2.16. The van der Waals surface area contributed by atoms with Crippen molar-refractivity contribution in [3.05, 3.63) is 52.6 Å². The van der Waals surface area contributed by atoms with E-state index < -0.39 is 0 Å². The Hall–Kier alpha value is -1.98. The Labute approximate surface area is 116 Å². The van der Waals surface area contributed by atoms with Gasteiger partial charge in [-0.25, -0.2) is 0 Å². The van der Waals surface area contributed by atoms with E-state index in [2.05, 4.69) is 16.0 Å². The Morgan fingerprint density at radius 3 is 3.11 bits per heavy atom. The fraction of sp³-hybridized carbons (Fsp3) is 0. The normalized spacial score (nSPS) is 11.4. The summed E-state index contributed by atoms with van der Waals surface area (Å²) in [7, 11) is 0. The predicted molar refractivity (Wildman–Crippen MR) is 79.2 cm³/mol. The third-order valence-electron chi connectivity index (χ3n) is 3.09. The number of aromatic amines is 1. The van der Waals surface area contributed by atoms with Crippen LogP contribution in [0.1, 0.15) is 15.2 Å². The molecule has 3 nitrogen and oxygen atoms in total. The average Bonchev–Trinajstić information content (AvgIpc) is 3.11. The first-order chi connectivity index (χ1) is 9.33. The van der Waals surface area contributed by atoms with Crippen LogP contribution in [-0.4, -0.2) is 15.8 Å². The van der Waals surface area contributed by atoms with Crippen molar-refractivity contribution in [2.24, 2.45) is 0 Å². The molecule has 4 aromatic rings. The van der Waals surface area contributed by atoms with Crippen molar-refractivity contribution in [1.82, 2.24) is 9.97 Å². The van der Waals surface area contributed by atoms with Crippen molar-refractivity contribution in [1.29, 1.82) is 0 Å². The fourth-order valence-corrected chi connectivity index (χ4v) is 4.22. The zero-order valence-corrected chi connectivity index (χ0v) is 11.3. The first-order valence-electron chi connectivity index (χ1n) is 5.76. The highest BCUT2D eigenvalue weighted by Gasteiger charge is 2.17. The molecule has 0 aromatic carbocycles. The molecule has 0 radical (unpaired) electrons. The molecule has 0 aliphatic heterocycles. The van der Waals surface area contributed by atoms with E-state index in [1.54, 1.807) is 41.3 Å². The number of nitrogens with zero attached hydrogens (tertiary/aromatic N) is 1. The molecule has 0 atom stereocenters. The minimum absolute atomic E-state index is 0.0626. The molecular formula is C14H8N2OS2. The zero-order chi connectivity index (χ0) is 12.8. The number of nitrogens with one attached hydrogen (secondary N) is 1. The van der Waals surface area contributed by atoms with Gasteiger partial charge in [-0.2, -0.15) is 0 Å². The lowest BCUT2D eigenvalue weighted by Crippen LogP contribution is -1.96. The van der Waals surface area contributed by atoms with Gasteiger partial charge in [-0.1, -0.05) is 0 Å². The smallest absolute Gasteiger partial charge is 0.205 e. The summed E-state index contributed by atoms with van der Waals surface area (Å²) in [6.07, 6.45) is 5.21. The van der Waals surface area contributed by atoms with Crippen LogP contribution in [0.2, 0.25) is 0 Å². The molecule has 1 N–H and O–H groups in total. The van der Waals surface area contributed by atoms with E-state index in [4.69, 9.17) is 0 Å². The van der Waals surface area contributed by atoms with Gasteiger partial charge in [0.1, 0.15) is 0 Å². The van der Waals surface area contributed by atoms with Crippen molar-refractivity contribution in [2.45, 2.75) is 0 Å². The van der Waals surface area contributed by atoms with Gasteiger partial charge in [0.05, 0.1) is 10.4 Å². The highest BCUT2D eigenvalue weighted by molar-refractivity contribution is 7.28. The van der Waals surface area contributed by atoms with Gasteiger partial charge in [0, 0.05) is 38.9 Å². The number of aromatic nitrogens is 2. The van der Waals surface area contributed by atoms with Crippen LogP contribution in [0.3, 0.4) is 0 Å². The number of hydrogen-bond donors (Lipinski definition) is 1. The zero-order valence-electron chi connectivity index (χ0n) is 9.71. The third kappa shape index (κ3) is 1.63. The molecule has 0 saturated carbocycles. The number of pyridine rings is 1. The van der Waals surface area contributed by atoms with E-state index in [9.17, 15) is 4.79 Å². The van der Waals surface area contributed by atoms with Gasteiger partial charge in [0.2, 0.25) is 5.78 Å². The lowest BCUT2D eigenvalue weighted by Gasteiger charge is -1.95. The maximum Gasteiger partial charge on any atom is 0.205 e. The van der Waals surface area contributed by atoms with E-state index >= 15 is 0 Å². The molecule has 4 heterocycles. The van der Waals surface area contributed by atoms with E-state index in [1.807, 2.05) is 17.5 Å². The van der Waals surface area contributed by atoms with Gasteiger partial charge < -0.3 is 4.98 Å². The van der Waals surface area contributed by atoms with Crippen LogP contribution in [0.5, 0.6) is 0 Å². The molecule has 4 rings (SSSR count). The quantitative estimate of drug-likeness (QED) is 0.564. The summed E-state index contributed by atoms with van der Waals surface area (Å²) in [6.45, 7) is 0. The molecule has 19 heavy (non-hydrogen) atoms. The maximum absolute atomic E-state index is 12.6. The monoisotopic (exact) mass is 284 g/mol. The van der Waals surface area contributed by atoms with Crippen LogP contribution in [0, 0.1) is 0 Å². The Bertz CT molecular complexity index is 872. The molecule has 0 fully saturated rings. The number of ketones is 1. The standard InChI is InChI=1S/C14H8N2OS2/c17-14(13-5-12-11(19-13)2-4-18-12)9-7-16-10-1-3-15-6-8(9)10/h1-7,16H. The Kier molecular flexibility index (Phi) is 2.30. The van der Waals surface area contributed by atoms with Crippen molar-refractivity contribution in [3.8, 4) is 0 Å². The molecule has 4 aromatic heterocycles. The van der Waals surface area contributed by atoms with Crippen LogP contribution in [0.15, 0.2) is 42.2 Å². The molecule has 0 unspecified atom stereocenters. The van der Waals surface area contributed by atoms with Crippen molar-refractivity contribution >= 4 is 48.8 Å². The van der Waals surface area contributed by atoms with Gasteiger partial charge in [-0.15, -0.1) is 22.7 Å². The van der Waals surface area contributed by atoms with E-state index in [1.165, 1.54) is 9.40 Å². The van der Waals surface area contributed by atoms with Crippen molar-refractivity contribution in [2.75, 3.05) is 0 Å². The predicted octanol–water partition coefficient (Wildman–Crippen LogP) is 4.07. The Morgan fingerprint density at radius 2 is 2.21 bits per heavy atom. The molecule has 0 spiro atoms. The molecule has 5 heteroatoms. The second-order valence-electron chi connectivity index (χ2n) is 4.21. The summed E-state index contributed by atoms with van der Waals surface area (Å²) in [5.74, 6) is 0.0626. The van der Waals surface area contributed by atoms with Crippen molar-refractivity contribution in [3.63, 3.8) is 0 Å². The summed E-state index contributed by atoms with van der Waals surface area (Å²) in [5.41, 5.74) is 1.63. The highest BCUT2D eigenvalue weighted by atomic mass is 32.1. The van der Waals surface area contributed by atoms with Gasteiger partial charge >= 0.3 is 0 Å². The Morgan fingerprint density at radius 1 is 1.26 bits per heavy atom. The van der Waals surface area contributed by atoms with Crippen LogP contribution in [-0.2, 0) is 0 Å². The molecule has 0 saturated heterocycles. The molecule has 0 amide bonds. The SMILES string of the molecule is O=C(c1cc2sccc2s1)c1c[nH]c2ccncc12. The largest absolute Gasteiger partial charge is 0.360 e. The van der Waals surface area contributed by atoms with Crippen LogP contribution < -0.4 is 0 Å². The van der Waals surface area contributed by atoms with Gasteiger partial charge in [-0.05, 0) is 23.6 Å². The summed E-state index contributed by atoms with van der Waals surface area (Å²) in [6, 6.07) is 5.90. The van der Waals surface area contributed by atoms with Crippen LogP contribution in [0.4, 0.5) is 0 Å². The number of thiophene rings is 2. The first-order valence-corrected chi connectivity index (χ1v) is 7.45. The van der Waals surface area contributed by atoms with Crippen molar-refractivity contribution < 1.29 is 4.79 Å². The lowest BCUT2D eigenvalue weighted by molar-refractivity contribution is 0.104. The summed E-state index contributed by atoms with van der Waals surface area (Å²) >= 11 is 3.21. The van der Waals surface area contributed by atoms with E-state index in [-0.39, 0.29) is 5.78 Å². The number of H-pyrrole nitrogens is 1. The van der Waals surface area contributed by atoms with Crippen LogP contribution in [0.25, 0.3) is 20.3 Å². The molecule has 92 valence electrons. The summed E-state index contributed by atoms with van der Waals surface area (Å²) in [5, 5.41) is 2.93. The highest BCUT2D eigenvalue weighted by Crippen LogP contribution is 2.32. The van der Waals surface area contributed by atoms with Crippen LogP contribution >= 0.6 is 22.7 Å².